The summed E-state index contributed by atoms with van der Waals surface area (Å²) in [6.07, 6.45) is 0. The van der Waals surface area contributed by atoms with E-state index in [1.165, 1.54) is 28.9 Å². The number of carbonyl (C=O) groups is 1. The molecular formula is C19H16N6O3S2. The Morgan fingerprint density at radius 3 is 2.20 bits per heavy atom. The summed E-state index contributed by atoms with van der Waals surface area (Å²) < 4.78 is 1.17. The van der Waals surface area contributed by atoms with Crippen LogP contribution in [0.3, 0.4) is 0 Å². The monoisotopic (exact) mass is 440 g/mol. The van der Waals surface area contributed by atoms with Gasteiger partial charge in [-0.25, -0.2) is 0 Å². The fraction of sp³-hybridized carbons (Fsp3) is 0.105. The van der Waals surface area contributed by atoms with E-state index in [-0.39, 0.29) is 11.3 Å². The fourth-order valence-electron chi connectivity index (χ4n) is 2.65. The molecule has 4 rings (SSSR count). The average Bonchev–Trinajstić information content (AvgIpc) is 3.52. The lowest BCUT2D eigenvalue weighted by Gasteiger charge is -2.06. The van der Waals surface area contributed by atoms with Crippen LogP contribution in [0.2, 0.25) is 0 Å². The van der Waals surface area contributed by atoms with Crippen molar-refractivity contribution in [3.63, 3.8) is 0 Å². The maximum Gasteiger partial charge on any atom is 0.281 e. The van der Waals surface area contributed by atoms with Crippen LogP contribution < -0.4 is 10.6 Å². The SMILES string of the molecule is O=C(c1ccc([N+](=O)[O-])cc1)n1nc(NCc2cccs2)nc1NCc1cccs1. The van der Waals surface area contributed by atoms with Gasteiger partial charge in [0.15, 0.2) is 0 Å². The van der Waals surface area contributed by atoms with E-state index < -0.39 is 10.8 Å². The molecule has 3 heterocycles. The van der Waals surface area contributed by atoms with Gasteiger partial charge in [0.25, 0.3) is 11.6 Å². The summed E-state index contributed by atoms with van der Waals surface area (Å²) >= 11 is 3.20. The molecule has 152 valence electrons. The van der Waals surface area contributed by atoms with Gasteiger partial charge in [0.2, 0.25) is 11.9 Å². The normalized spacial score (nSPS) is 10.7. The first-order valence-electron chi connectivity index (χ1n) is 8.89. The molecule has 2 N–H and O–H groups in total. The third-order valence-corrected chi connectivity index (χ3v) is 5.88. The minimum absolute atomic E-state index is 0.0838. The molecule has 0 atom stereocenters. The van der Waals surface area contributed by atoms with Gasteiger partial charge >= 0.3 is 0 Å². The van der Waals surface area contributed by atoms with Gasteiger partial charge in [-0.05, 0) is 35.0 Å². The minimum Gasteiger partial charge on any atom is -0.349 e. The lowest BCUT2D eigenvalue weighted by atomic mass is 10.2. The number of aromatic nitrogens is 3. The second-order valence-corrected chi connectivity index (χ2v) is 8.21. The van der Waals surface area contributed by atoms with E-state index in [1.54, 1.807) is 22.7 Å². The first kappa shape index (κ1) is 19.7. The van der Waals surface area contributed by atoms with Crippen molar-refractivity contribution in [2.45, 2.75) is 13.1 Å². The number of nitro groups is 1. The molecule has 0 unspecified atom stereocenters. The van der Waals surface area contributed by atoms with Gasteiger partial charge in [0.05, 0.1) is 18.0 Å². The zero-order valence-electron chi connectivity index (χ0n) is 15.5. The predicted octanol–water partition coefficient (Wildman–Crippen LogP) is 4.22. The standard InChI is InChI=1S/C19H16N6O3S2/c26-17(13-5-7-14(8-6-13)25(27)28)24-19(21-12-16-4-2-10-30-16)22-18(23-24)20-11-15-3-1-9-29-15/h1-10H,11-12H2,(H2,20,21,22,23). The van der Waals surface area contributed by atoms with E-state index in [0.717, 1.165) is 9.75 Å². The lowest BCUT2D eigenvalue weighted by Crippen LogP contribution is -2.17. The van der Waals surface area contributed by atoms with E-state index in [4.69, 9.17) is 0 Å². The van der Waals surface area contributed by atoms with Crippen LogP contribution in [0.25, 0.3) is 0 Å². The number of carbonyl (C=O) groups excluding carboxylic acids is 1. The number of anilines is 2. The number of thiophene rings is 2. The highest BCUT2D eigenvalue weighted by molar-refractivity contribution is 7.10. The molecule has 0 aliphatic heterocycles. The Hall–Kier alpha value is -3.57. The molecule has 0 saturated carbocycles. The van der Waals surface area contributed by atoms with Gasteiger partial charge in [-0.1, -0.05) is 12.1 Å². The molecular weight excluding hydrogens is 424 g/mol. The Bertz CT molecular complexity index is 1140. The van der Waals surface area contributed by atoms with Crippen LogP contribution in [0.5, 0.6) is 0 Å². The lowest BCUT2D eigenvalue weighted by molar-refractivity contribution is -0.384. The number of rotatable bonds is 8. The van der Waals surface area contributed by atoms with Crippen molar-refractivity contribution in [2.75, 3.05) is 10.6 Å². The van der Waals surface area contributed by atoms with Crippen molar-refractivity contribution in [1.29, 1.82) is 0 Å². The predicted molar refractivity (Wildman–Crippen MR) is 116 cm³/mol. The largest absolute Gasteiger partial charge is 0.349 e. The minimum atomic E-state index is -0.510. The molecule has 9 nitrogen and oxygen atoms in total. The molecule has 30 heavy (non-hydrogen) atoms. The van der Waals surface area contributed by atoms with Gasteiger partial charge in [0, 0.05) is 27.5 Å². The van der Waals surface area contributed by atoms with E-state index >= 15 is 0 Å². The molecule has 0 fully saturated rings. The van der Waals surface area contributed by atoms with Crippen LogP contribution in [0.1, 0.15) is 20.1 Å². The fourth-order valence-corrected chi connectivity index (χ4v) is 3.94. The smallest absolute Gasteiger partial charge is 0.281 e. The molecule has 11 heteroatoms. The quantitative estimate of drug-likeness (QED) is 0.311. The maximum atomic E-state index is 13.0. The molecule has 0 aliphatic carbocycles. The third-order valence-electron chi connectivity index (χ3n) is 4.13. The summed E-state index contributed by atoms with van der Waals surface area (Å²) in [4.78, 5) is 29.9. The number of benzene rings is 1. The van der Waals surface area contributed by atoms with Gasteiger partial charge < -0.3 is 10.6 Å². The van der Waals surface area contributed by atoms with Crippen LogP contribution >= 0.6 is 22.7 Å². The Morgan fingerprint density at radius 2 is 1.63 bits per heavy atom. The zero-order chi connectivity index (χ0) is 20.9. The molecule has 4 aromatic rings. The Labute approximate surface area is 179 Å². The number of nitro benzene ring substituents is 1. The van der Waals surface area contributed by atoms with Crippen molar-refractivity contribution in [1.82, 2.24) is 14.8 Å². The molecule has 0 aliphatic rings. The van der Waals surface area contributed by atoms with Gasteiger partial charge in [-0.3, -0.25) is 14.9 Å². The molecule has 0 bridgehead atoms. The number of hydrogen-bond acceptors (Lipinski definition) is 9. The highest BCUT2D eigenvalue weighted by atomic mass is 32.1. The molecule has 3 aromatic heterocycles. The summed E-state index contributed by atoms with van der Waals surface area (Å²) in [6.45, 7) is 1.03. The van der Waals surface area contributed by atoms with Crippen molar-refractivity contribution in [2.24, 2.45) is 0 Å². The van der Waals surface area contributed by atoms with Crippen LogP contribution in [0.4, 0.5) is 17.6 Å². The molecule has 0 spiro atoms. The maximum absolute atomic E-state index is 13.0. The molecule has 0 saturated heterocycles. The molecule has 0 amide bonds. The summed E-state index contributed by atoms with van der Waals surface area (Å²) in [5.74, 6) is 0.169. The van der Waals surface area contributed by atoms with Crippen molar-refractivity contribution < 1.29 is 9.72 Å². The Kier molecular flexibility index (Phi) is 5.82. The number of non-ortho nitro benzene ring substituents is 1. The zero-order valence-corrected chi connectivity index (χ0v) is 17.2. The number of nitrogens with zero attached hydrogens (tertiary/aromatic N) is 4. The van der Waals surface area contributed by atoms with E-state index in [0.29, 0.717) is 25.0 Å². The van der Waals surface area contributed by atoms with E-state index in [9.17, 15) is 14.9 Å². The van der Waals surface area contributed by atoms with Crippen LogP contribution in [-0.2, 0) is 13.1 Å². The first-order chi connectivity index (χ1) is 14.6. The Morgan fingerprint density at radius 1 is 1.00 bits per heavy atom. The number of nitrogens with one attached hydrogen (secondary N) is 2. The van der Waals surface area contributed by atoms with Crippen LogP contribution in [-0.4, -0.2) is 25.6 Å². The third kappa shape index (κ3) is 4.53. The summed E-state index contributed by atoms with van der Waals surface area (Å²) in [6, 6.07) is 13.3. The Balaban J connectivity index is 1.57. The summed E-state index contributed by atoms with van der Waals surface area (Å²) in [7, 11) is 0. The van der Waals surface area contributed by atoms with Gasteiger partial charge in [-0.2, -0.15) is 9.67 Å². The van der Waals surface area contributed by atoms with E-state index in [2.05, 4.69) is 20.7 Å². The van der Waals surface area contributed by atoms with Crippen LogP contribution in [0.15, 0.2) is 59.3 Å². The van der Waals surface area contributed by atoms with Gasteiger partial charge in [-0.15, -0.1) is 27.8 Å². The first-order valence-corrected chi connectivity index (χ1v) is 10.6. The van der Waals surface area contributed by atoms with Crippen molar-refractivity contribution in [3.05, 3.63) is 84.7 Å². The summed E-state index contributed by atoms with van der Waals surface area (Å²) in [5.41, 5.74) is 0.189. The highest BCUT2D eigenvalue weighted by Crippen LogP contribution is 2.18. The van der Waals surface area contributed by atoms with Crippen molar-refractivity contribution >= 4 is 46.2 Å². The second kappa shape index (κ2) is 8.84. The average molecular weight is 441 g/mol. The highest BCUT2D eigenvalue weighted by Gasteiger charge is 2.19. The molecule has 0 radical (unpaired) electrons. The second-order valence-electron chi connectivity index (χ2n) is 6.15. The van der Waals surface area contributed by atoms with E-state index in [1.807, 2.05) is 35.0 Å². The van der Waals surface area contributed by atoms with Gasteiger partial charge in [0.1, 0.15) is 0 Å². The summed E-state index contributed by atoms with van der Waals surface area (Å²) in [5, 5.41) is 25.4. The van der Waals surface area contributed by atoms with Crippen LogP contribution in [0, 0.1) is 10.1 Å². The topological polar surface area (TPSA) is 115 Å². The molecule has 1 aromatic carbocycles. The number of hydrogen-bond donors (Lipinski definition) is 2. The van der Waals surface area contributed by atoms with Crippen molar-refractivity contribution in [3.8, 4) is 0 Å².